The second-order valence-electron chi connectivity index (χ2n) is 4.86. The van der Waals surface area contributed by atoms with Gasteiger partial charge in [0.25, 0.3) is 5.91 Å². The molecule has 0 aliphatic carbocycles. The number of hydrogen-bond donors (Lipinski definition) is 2. The summed E-state index contributed by atoms with van der Waals surface area (Å²) >= 11 is 3.37. The van der Waals surface area contributed by atoms with Crippen LogP contribution in [0.5, 0.6) is 0 Å². The third-order valence-electron chi connectivity index (χ3n) is 3.53. The van der Waals surface area contributed by atoms with Gasteiger partial charge in [-0.3, -0.25) is 4.79 Å². The first kappa shape index (κ1) is 13.4. The van der Waals surface area contributed by atoms with Crippen molar-refractivity contribution in [1.29, 1.82) is 0 Å². The minimum Gasteiger partial charge on any atom is -0.368 e. The first-order valence-electron chi connectivity index (χ1n) is 6.09. The van der Waals surface area contributed by atoms with Gasteiger partial charge in [0.05, 0.1) is 5.56 Å². The first-order chi connectivity index (χ1) is 8.52. The standard InChI is InChI=1S/C13H18BrN3O/c1-8-4-9(6-15)7-17(8)12-3-2-10(14)5-11(12)13(16)18/h2-3,5,8-9H,4,6-7,15H2,1H3,(H2,16,18). The van der Waals surface area contributed by atoms with E-state index in [1.807, 2.05) is 12.1 Å². The zero-order valence-corrected chi connectivity index (χ0v) is 12.0. The van der Waals surface area contributed by atoms with Crippen molar-refractivity contribution >= 4 is 27.5 Å². The normalized spacial score (nSPS) is 23.4. The summed E-state index contributed by atoms with van der Waals surface area (Å²) in [5.41, 5.74) is 12.7. The number of hydrogen-bond acceptors (Lipinski definition) is 3. The number of nitrogens with two attached hydrogens (primary N) is 2. The molecule has 0 spiro atoms. The summed E-state index contributed by atoms with van der Waals surface area (Å²) in [5.74, 6) is 0.0964. The van der Waals surface area contributed by atoms with Crippen LogP contribution in [0.2, 0.25) is 0 Å². The third-order valence-corrected chi connectivity index (χ3v) is 4.02. The van der Waals surface area contributed by atoms with Crippen LogP contribution in [0.3, 0.4) is 0 Å². The molecule has 1 fully saturated rings. The molecular formula is C13H18BrN3O. The van der Waals surface area contributed by atoms with Crippen molar-refractivity contribution in [2.24, 2.45) is 17.4 Å². The third kappa shape index (κ3) is 2.52. The molecule has 1 saturated heterocycles. The molecule has 0 radical (unpaired) electrons. The van der Waals surface area contributed by atoms with Crippen LogP contribution in [0.25, 0.3) is 0 Å². The Morgan fingerprint density at radius 2 is 2.28 bits per heavy atom. The monoisotopic (exact) mass is 311 g/mol. The Bertz CT molecular complexity index is 464. The van der Waals surface area contributed by atoms with E-state index in [9.17, 15) is 4.79 Å². The number of carbonyl (C=O) groups is 1. The predicted molar refractivity (Wildman–Crippen MR) is 76.6 cm³/mol. The van der Waals surface area contributed by atoms with E-state index in [4.69, 9.17) is 11.5 Å². The summed E-state index contributed by atoms with van der Waals surface area (Å²) in [5, 5.41) is 0. The van der Waals surface area contributed by atoms with E-state index >= 15 is 0 Å². The molecule has 0 aromatic heterocycles. The average molecular weight is 312 g/mol. The van der Waals surface area contributed by atoms with Crippen molar-refractivity contribution in [3.63, 3.8) is 0 Å². The van der Waals surface area contributed by atoms with Crippen LogP contribution in [-0.4, -0.2) is 25.0 Å². The number of primary amides is 1. The number of rotatable bonds is 3. The molecule has 2 unspecified atom stereocenters. The maximum Gasteiger partial charge on any atom is 0.250 e. The van der Waals surface area contributed by atoms with Crippen LogP contribution in [0.4, 0.5) is 5.69 Å². The molecule has 1 aromatic rings. The van der Waals surface area contributed by atoms with Crippen molar-refractivity contribution in [2.45, 2.75) is 19.4 Å². The van der Waals surface area contributed by atoms with Gasteiger partial charge < -0.3 is 16.4 Å². The van der Waals surface area contributed by atoms with Gasteiger partial charge in [0.15, 0.2) is 0 Å². The van der Waals surface area contributed by atoms with Gasteiger partial charge in [0.2, 0.25) is 0 Å². The van der Waals surface area contributed by atoms with Crippen molar-refractivity contribution in [1.82, 2.24) is 0 Å². The molecule has 18 heavy (non-hydrogen) atoms. The minimum atomic E-state index is -0.394. The van der Waals surface area contributed by atoms with Crippen molar-refractivity contribution in [2.75, 3.05) is 18.0 Å². The Balaban J connectivity index is 2.36. The summed E-state index contributed by atoms with van der Waals surface area (Å²) in [6.45, 7) is 3.73. The molecule has 1 heterocycles. The van der Waals surface area contributed by atoms with Gasteiger partial charge in [-0.1, -0.05) is 15.9 Å². The highest BCUT2D eigenvalue weighted by Gasteiger charge is 2.30. The van der Waals surface area contributed by atoms with Gasteiger partial charge in [0, 0.05) is 22.7 Å². The van der Waals surface area contributed by atoms with Gasteiger partial charge in [-0.15, -0.1) is 0 Å². The molecular weight excluding hydrogens is 294 g/mol. The average Bonchev–Trinajstić information content (AvgIpc) is 2.70. The zero-order valence-electron chi connectivity index (χ0n) is 10.4. The van der Waals surface area contributed by atoms with Gasteiger partial charge in [0.1, 0.15) is 0 Å². The quantitative estimate of drug-likeness (QED) is 0.892. The van der Waals surface area contributed by atoms with Gasteiger partial charge in [-0.2, -0.15) is 0 Å². The number of benzene rings is 1. The fraction of sp³-hybridized carbons (Fsp3) is 0.462. The topological polar surface area (TPSA) is 72.3 Å². The van der Waals surface area contributed by atoms with Crippen LogP contribution < -0.4 is 16.4 Å². The Morgan fingerprint density at radius 1 is 1.56 bits per heavy atom. The second kappa shape index (κ2) is 5.28. The lowest BCUT2D eigenvalue weighted by Gasteiger charge is -2.26. The maximum absolute atomic E-state index is 11.5. The second-order valence-corrected chi connectivity index (χ2v) is 5.78. The van der Waals surface area contributed by atoms with Crippen LogP contribution in [0.15, 0.2) is 22.7 Å². The highest BCUT2D eigenvalue weighted by atomic mass is 79.9. The highest BCUT2D eigenvalue weighted by molar-refractivity contribution is 9.10. The van der Waals surface area contributed by atoms with E-state index in [2.05, 4.69) is 27.8 Å². The number of carbonyl (C=O) groups excluding carboxylic acids is 1. The van der Waals surface area contributed by atoms with Crippen LogP contribution >= 0.6 is 15.9 Å². The van der Waals surface area contributed by atoms with E-state index in [1.165, 1.54) is 0 Å². The Labute approximate surface area is 115 Å². The number of halogens is 1. The van der Waals surface area contributed by atoms with Crippen LogP contribution in [-0.2, 0) is 0 Å². The SMILES string of the molecule is CC1CC(CN)CN1c1ccc(Br)cc1C(N)=O. The first-order valence-corrected chi connectivity index (χ1v) is 6.88. The van der Waals surface area contributed by atoms with Crippen molar-refractivity contribution in [3.05, 3.63) is 28.2 Å². The van der Waals surface area contributed by atoms with Crippen LogP contribution in [0.1, 0.15) is 23.7 Å². The van der Waals surface area contributed by atoms with E-state index in [-0.39, 0.29) is 0 Å². The molecule has 4 N–H and O–H groups in total. The molecule has 2 rings (SSSR count). The minimum absolute atomic E-state index is 0.387. The molecule has 1 aliphatic heterocycles. The molecule has 5 heteroatoms. The Kier molecular flexibility index (Phi) is 3.92. The Morgan fingerprint density at radius 3 is 2.83 bits per heavy atom. The van der Waals surface area contributed by atoms with Crippen molar-refractivity contribution in [3.8, 4) is 0 Å². The molecule has 0 bridgehead atoms. The fourth-order valence-corrected chi connectivity index (χ4v) is 2.97. The van der Waals surface area contributed by atoms with Gasteiger partial charge in [-0.25, -0.2) is 0 Å². The predicted octanol–water partition coefficient (Wildman–Crippen LogP) is 1.72. The number of nitrogens with zero attached hydrogens (tertiary/aromatic N) is 1. The molecule has 1 aliphatic rings. The largest absolute Gasteiger partial charge is 0.368 e. The number of anilines is 1. The highest BCUT2D eigenvalue weighted by Crippen LogP contribution is 2.32. The zero-order chi connectivity index (χ0) is 13.3. The molecule has 1 amide bonds. The molecule has 1 aromatic carbocycles. The van der Waals surface area contributed by atoms with Crippen molar-refractivity contribution < 1.29 is 4.79 Å². The molecule has 4 nitrogen and oxygen atoms in total. The smallest absolute Gasteiger partial charge is 0.250 e. The lowest BCUT2D eigenvalue weighted by Crippen LogP contribution is -2.30. The van der Waals surface area contributed by atoms with E-state index in [0.717, 1.165) is 23.1 Å². The maximum atomic E-state index is 11.5. The number of amides is 1. The van der Waals surface area contributed by atoms with Crippen LogP contribution in [0, 0.1) is 5.92 Å². The summed E-state index contributed by atoms with van der Waals surface area (Å²) in [7, 11) is 0. The van der Waals surface area contributed by atoms with E-state index in [0.29, 0.717) is 24.1 Å². The summed E-state index contributed by atoms with van der Waals surface area (Å²) in [4.78, 5) is 13.8. The lowest BCUT2D eigenvalue weighted by atomic mass is 10.1. The summed E-state index contributed by atoms with van der Waals surface area (Å²) < 4.78 is 0.863. The van der Waals surface area contributed by atoms with E-state index in [1.54, 1.807) is 6.07 Å². The fourth-order valence-electron chi connectivity index (χ4n) is 2.60. The van der Waals surface area contributed by atoms with Gasteiger partial charge in [-0.05, 0) is 44.0 Å². The summed E-state index contributed by atoms with van der Waals surface area (Å²) in [6, 6.07) is 6.04. The summed E-state index contributed by atoms with van der Waals surface area (Å²) in [6.07, 6.45) is 1.06. The Hall–Kier alpha value is -1.07. The lowest BCUT2D eigenvalue weighted by molar-refractivity contribution is 0.100. The van der Waals surface area contributed by atoms with Gasteiger partial charge >= 0.3 is 0 Å². The molecule has 2 atom stereocenters. The van der Waals surface area contributed by atoms with E-state index < -0.39 is 5.91 Å². The molecule has 0 saturated carbocycles. The molecule has 98 valence electrons.